The van der Waals surface area contributed by atoms with Gasteiger partial charge in [0.05, 0.1) is 11.6 Å². The smallest absolute Gasteiger partial charge is 0.221 e. The summed E-state index contributed by atoms with van der Waals surface area (Å²) in [6.45, 7) is 0. The van der Waals surface area contributed by atoms with Gasteiger partial charge in [-0.05, 0) is 86.2 Å². The number of rotatable bonds is 3. The summed E-state index contributed by atoms with van der Waals surface area (Å²) in [6, 6.07) is 8.72. The van der Waals surface area contributed by atoms with E-state index >= 15 is 0 Å². The number of hydrogen-bond acceptors (Lipinski definition) is 2. The first-order valence-electron chi connectivity index (χ1n) is 10.1. The standard InChI is InChI=1S/C22H29NO2/c24-20(23-19-7-3-5-17-4-1-2-6-18(17)19)13-21-9-15-8-16(10-21)12-22(25,11-15)14-21/h1-2,4,6,15-16,19,25H,3,5,7-14H2,(H,23,24)/t15-,16+,19-,21?,22?/m0/s1. The number of carbonyl (C=O) groups is 1. The molecule has 4 saturated carbocycles. The van der Waals surface area contributed by atoms with Gasteiger partial charge in [-0.25, -0.2) is 0 Å². The molecule has 0 spiro atoms. The number of aliphatic hydroxyl groups is 1. The summed E-state index contributed by atoms with van der Waals surface area (Å²) in [4.78, 5) is 12.9. The van der Waals surface area contributed by atoms with E-state index < -0.39 is 5.60 Å². The van der Waals surface area contributed by atoms with Gasteiger partial charge in [0.25, 0.3) is 0 Å². The fraction of sp³-hybridized carbons (Fsp3) is 0.682. The third kappa shape index (κ3) is 2.81. The second kappa shape index (κ2) is 5.57. The van der Waals surface area contributed by atoms with Crippen LogP contribution in [0.3, 0.4) is 0 Å². The molecule has 0 saturated heterocycles. The van der Waals surface area contributed by atoms with Crippen molar-refractivity contribution in [3.63, 3.8) is 0 Å². The van der Waals surface area contributed by atoms with Gasteiger partial charge >= 0.3 is 0 Å². The summed E-state index contributed by atoms with van der Waals surface area (Å²) >= 11 is 0. The Labute approximate surface area is 150 Å². The molecule has 0 aliphatic heterocycles. The predicted octanol–water partition coefficient (Wildman–Crippen LogP) is 3.90. The molecule has 25 heavy (non-hydrogen) atoms. The normalized spacial score (nSPS) is 41.4. The maximum atomic E-state index is 12.9. The second-order valence-electron chi connectivity index (χ2n) is 9.57. The Balaban J connectivity index is 1.30. The van der Waals surface area contributed by atoms with Crippen LogP contribution < -0.4 is 5.32 Å². The zero-order chi connectivity index (χ0) is 17.1. The van der Waals surface area contributed by atoms with Crippen molar-refractivity contribution in [2.24, 2.45) is 17.3 Å². The molecule has 0 radical (unpaired) electrons. The zero-order valence-corrected chi connectivity index (χ0v) is 15.0. The van der Waals surface area contributed by atoms with E-state index in [-0.39, 0.29) is 17.4 Å². The molecule has 0 aromatic heterocycles. The SMILES string of the molecule is O=C(CC12C[C@@H]3C[C@@H](CC(O)(C3)C1)C2)N[C@H]1CCCc2ccccc21. The zero-order valence-electron chi connectivity index (χ0n) is 15.0. The molecule has 4 fully saturated rings. The minimum atomic E-state index is -0.470. The van der Waals surface area contributed by atoms with Gasteiger partial charge in [0.1, 0.15) is 0 Å². The average Bonchev–Trinajstić information content (AvgIpc) is 2.52. The Bertz CT molecular complexity index is 683. The van der Waals surface area contributed by atoms with Crippen molar-refractivity contribution in [3.05, 3.63) is 35.4 Å². The van der Waals surface area contributed by atoms with Crippen LogP contribution in [0.25, 0.3) is 0 Å². The minimum Gasteiger partial charge on any atom is -0.390 e. The Kier molecular flexibility index (Phi) is 3.54. The summed E-state index contributed by atoms with van der Waals surface area (Å²) in [5.41, 5.74) is 2.30. The summed E-state index contributed by atoms with van der Waals surface area (Å²) in [5.74, 6) is 1.50. The fourth-order valence-electron chi connectivity index (χ4n) is 7.10. The molecule has 4 bridgehead atoms. The Morgan fingerprint density at radius 3 is 2.68 bits per heavy atom. The molecular formula is C22H29NO2. The molecule has 1 aromatic rings. The second-order valence-corrected chi connectivity index (χ2v) is 9.57. The molecule has 5 aliphatic carbocycles. The number of benzene rings is 1. The van der Waals surface area contributed by atoms with Crippen molar-refractivity contribution in [1.82, 2.24) is 5.32 Å². The van der Waals surface area contributed by atoms with E-state index in [2.05, 4.69) is 29.6 Å². The quantitative estimate of drug-likeness (QED) is 0.877. The van der Waals surface area contributed by atoms with Crippen LogP contribution in [0.15, 0.2) is 24.3 Å². The molecule has 134 valence electrons. The molecular weight excluding hydrogens is 310 g/mol. The number of carbonyl (C=O) groups excluding carboxylic acids is 1. The van der Waals surface area contributed by atoms with E-state index in [0.717, 1.165) is 51.4 Å². The Morgan fingerprint density at radius 1 is 1.16 bits per heavy atom. The molecule has 0 heterocycles. The Morgan fingerprint density at radius 2 is 1.92 bits per heavy atom. The molecule has 5 aliphatic rings. The van der Waals surface area contributed by atoms with Gasteiger partial charge in [0.15, 0.2) is 0 Å². The van der Waals surface area contributed by atoms with Crippen molar-refractivity contribution in [2.45, 2.75) is 75.9 Å². The topological polar surface area (TPSA) is 49.3 Å². The molecule has 5 atom stereocenters. The summed E-state index contributed by atoms with van der Waals surface area (Å²) < 4.78 is 0. The van der Waals surface area contributed by atoms with Crippen LogP contribution in [0.1, 0.15) is 75.0 Å². The Hall–Kier alpha value is -1.35. The van der Waals surface area contributed by atoms with Gasteiger partial charge in [-0.2, -0.15) is 0 Å². The summed E-state index contributed by atoms with van der Waals surface area (Å²) in [7, 11) is 0. The van der Waals surface area contributed by atoms with Crippen LogP contribution in [0.4, 0.5) is 0 Å². The van der Waals surface area contributed by atoms with Crippen LogP contribution >= 0.6 is 0 Å². The first kappa shape index (κ1) is 15.9. The first-order valence-corrected chi connectivity index (χ1v) is 10.1. The highest BCUT2D eigenvalue weighted by molar-refractivity contribution is 5.77. The van der Waals surface area contributed by atoms with E-state index in [1.54, 1.807) is 0 Å². The first-order chi connectivity index (χ1) is 12.0. The van der Waals surface area contributed by atoms with Crippen molar-refractivity contribution in [3.8, 4) is 0 Å². The van der Waals surface area contributed by atoms with Gasteiger partial charge < -0.3 is 10.4 Å². The number of hydrogen-bond donors (Lipinski definition) is 2. The lowest BCUT2D eigenvalue weighted by Gasteiger charge is -2.60. The van der Waals surface area contributed by atoms with Gasteiger partial charge in [0.2, 0.25) is 5.91 Å². The highest BCUT2D eigenvalue weighted by atomic mass is 16.3. The lowest BCUT2D eigenvalue weighted by molar-refractivity contribution is -0.169. The summed E-state index contributed by atoms with van der Waals surface area (Å²) in [5, 5.41) is 14.2. The van der Waals surface area contributed by atoms with E-state index in [0.29, 0.717) is 18.3 Å². The molecule has 1 aromatic carbocycles. The van der Waals surface area contributed by atoms with Gasteiger partial charge in [0, 0.05) is 6.42 Å². The van der Waals surface area contributed by atoms with Gasteiger partial charge in [-0.1, -0.05) is 24.3 Å². The molecule has 2 unspecified atom stereocenters. The maximum absolute atomic E-state index is 12.9. The average molecular weight is 339 g/mol. The number of aryl methyl sites for hydroxylation is 1. The third-order valence-corrected chi connectivity index (χ3v) is 7.39. The lowest BCUT2D eigenvalue weighted by atomic mass is 9.47. The predicted molar refractivity (Wildman–Crippen MR) is 96.9 cm³/mol. The van der Waals surface area contributed by atoms with Gasteiger partial charge in [-0.15, -0.1) is 0 Å². The molecule has 3 heteroatoms. The number of nitrogens with one attached hydrogen (secondary N) is 1. The fourth-order valence-corrected chi connectivity index (χ4v) is 7.10. The van der Waals surface area contributed by atoms with Gasteiger partial charge in [-0.3, -0.25) is 4.79 Å². The van der Waals surface area contributed by atoms with E-state index in [9.17, 15) is 9.90 Å². The van der Waals surface area contributed by atoms with Crippen molar-refractivity contribution in [2.75, 3.05) is 0 Å². The van der Waals surface area contributed by atoms with E-state index in [4.69, 9.17) is 0 Å². The maximum Gasteiger partial charge on any atom is 0.221 e. The lowest BCUT2D eigenvalue weighted by Crippen LogP contribution is -2.56. The molecule has 1 amide bonds. The highest BCUT2D eigenvalue weighted by Crippen LogP contribution is 2.62. The van der Waals surface area contributed by atoms with Crippen LogP contribution in [0.5, 0.6) is 0 Å². The van der Waals surface area contributed by atoms with Crippen LogP contribution in [-0.4, -0.2) is 16.6 Å². The van der Waals surface area contributed by atoms with Crippen LogP contribution in [0, 0.1) is 17.3 Å². The molecule has 6 rings (SSSR count). The van der Waals surface area contributed by atoms with Crippen LogP contribution in [0.2, 0.25) is 0 Å². The number of amides is 1. The monoisotopic (exact) mass is 339 g/mol. The molecule has 2 N–H and O–H groups in total. The van der Waals surface area contributed by atoms with Crippen molar-refractivity contribution in [1.29, 1.82) is 0 Å². The van der Waals surface area contributed by atoms with Crippen molar-refractivity contribution >= 4 is 5.91 Å². The van der Waals surface area contributed by atoms with E-state index in [1.165, 1.54) is 17.5 Å². The third-order valence-electron chi connectivity index (χ3n) is 7.39. The van der Waals surface area contributed by atoms with Crippen LogP contribution in [-0.2, 0) is 11.2 Å². The summed E-state index contributed by atoms with van der Waals surface area (Å²) in [6.07, 6.45) is 10.3. The van der Waals surface area contributed by atoms with Crippen molar-refractivity contribution < 1.29 is 9.90 Å². The minimum absolute atomic E-state index is 0.0666. The molecule has 3 nitrogen and oxygen atoms in total. The highest BCUT2D eigenvalue weighted by Gasteiger charge is 2.57. The largest absolute Gasteiger partial charge is 0.390 e. The van der Waals surface area contributed by atoms with E-state index in [1.807, 2.05) is 0 Å². The number of fused-ring (bicyclic) bond motifs is 1.